The van der Waals surface area contributed by atoms with E-state index in [-0.39, 0.29) is 11.6 Å². The number of benzene rings is 2. The number of carbonyl (C=O) groups is 1. The molecule has 0 aliphatic carbocycles. The first-order valence-electron chi connectivity index (χ1n) is 7.08. The maximum Gasteiger partial charge on any atom is 0.237 e. The van der Waals surface area contributed by atoms with Gasteiger partial charge in [0.1, 0.15) is 5.82 Å². The van der Waals surface area contributed by atoms with Crippen LogP contribution in [0.15, 0.2) is 48.5 Å². The first kappa shape index (κ1) is 17.8. The third kappa shape index (κ3) is 5.23. The van der Waals surface area contributed by atoms with Crippen molar-refractivity contribution in [1.29, 1.82) is 0 Å². The van der Waals surface area contributed by atoms with Gasteiger partial charge in [-0.2, -0.15) is 0 Å². The highest BCUT2D eigenvalue weighted by Gasteiger charge is 2.17. The Morgan fingerprint density at radius 1 is 1.30 bits per heavy atom. The smallest absolute Gasteiger partial charge is 0.237 e. The standard InChI is InChI=1S/C17H17ClFNO2S/c1-11(23-10-16(21)12-5-3-2-4-6-12)17(22)20-15-9-13(18)7-8-14(15)19/h2-9,11,16,21H,10H2,1H3,(H,20,22). The van der Waals surface area contributed by atoms with E-state index in [1.807, 2.05) is 30.3 Å². The average Bonchev–Trinajstić information content (AvgIpc) is 2.56. The molecule has 122 valence electrons. The SMILES string of the molecule is CC(SCC(O)c1ccccc1)C(=O)Nc1cc(Cl)ccc1F. The van der Waals surface area contributed by atoms with Crippen LogP contribution in [0, 0.1) is 5.82 Å². The zero-order valence-corrected chi connectivity index (χ0v) is 14.1. The normalized spacial score (nSPS) is 13.4. The van der Waals surface area contributed by atoms with Crippen LogP contribution in [0.4, 0.5) is 10.1 Å². The van der Waals surface area contributed by atoms with Crippen molar-refractivity contribution in [2.45, 2.75) is 18.3 Å². The van der Waals surface area contributed by atoms with E-state index in [0.29, 0.717) is 10.8 Å². The molecule has 0 spiro atoms. The van der Waals surface area contributed by atoms with E-state index in [1.165, 1.54) is 30.0 Å². The largest absolute Gasteiger partial charge is 0.388 e. The quantitative estimate of drug-likeness (QED) is 0.815. The molecule has 2 unspecified atom stereocenters. The monoisotopic (exact) mass is 353 g/mol. The molecule has 0 saturated carbocycles. The minimum Gasteiger partial charge on any atom is -0.388 e. The van der Waals surface area contributed by atoms with Crippen LogP contribution in [0.2, 0.25) is 5.02 Å². The molecule has 0 heterocycles. The van der Waals surface area contributed by atoms with Crippen molar-refractivity contribution >= 4 is 35.0 Å². The summed E-state index contributed by atoms with van der Waals surface area (Å²) >= 11 is 7.09. The van der Waals surface area contributed by atoms with E-state index in [1.54, 1.807) is 6.92 Å². The minimum atomic E-state index is -0.653. The van der Waals surface area contributed by atoms with Crippen molar-refractivity contribution in [2.24, 2.45) is 0 Å². The van der Waals surface area contributed by atoms with E-state index < -0.39 is 17.2 Å². The van der Waals surface area contributed by atoms with Crippen molar-refractivity contribution in [2.75, 3.05) is 11.1 Å². The zero-order valence-electron chi connectivity index (χ0n) is 12.5. The van der Waals surface area contributed by atoms with Gasteiger partial charge in [0.25, 0.3) is 0 Å². The number of rotatable bonds is 6. The second-order valence-corrected chi connectivity index (χ2v) is 6.83. The van der Waals surface area contributed by atoms with Gasteiger partial charge in [-0.25, -0.2) is 4.39 Å². The lowest BCUT2D eigenvalue weighted by Crippen LogP contribution is -2.24. The highest BCUT2D eigenvalue weighted by atomic mass is 35.5. The second-order valence-electron chi connectivity index (χ2n) is 5.02. The zero-order chi connectivity index (χ0) is 16.8. The number of amides is 1. The molecule has 23 heavy (non-hydrogen) atoms. The van der Waals surface area contributed by atoms with Gasteiger partial charge in [-0.05, 0) is 30.7 Å². The number of anilines is 1. The highest BCUT2D eigenvalue weighted by Crippen LogP contribution is 2.24. The molecule has 2 aromatic rings. The lowest BCUT2D eigenvalue weighted by atomic mass is 10.1. The van der Waals surface area contributed by atoms with Gasteiger partial charge in [0, 0.05) is 10.8 Å². The molecular formula is C17H17ClFNO2S. The fourth-order valence-corrected chi connectivity index (χ4v) is 2.96. The molecular weight excluding hydrogens is 337 g/mol. The number of aliphatic hydroxyl groups excluding tert-OH is 1. The Balaban J connectivity index is 1.89. The van der Waals surface area contributed by atoms with Gasteiger partial charge >= 0.3 is 0 Å². The minimum absolute atomic E-state index is 0.0542. The fraction of sp³-hybridized carbons (Fsp3) is 0.235. The third-order valence-electron chi connectivity index (χ3n) is 3.24. The number of halogens is 2. The van der Waals surface area contributed by atoms with Crippen LogP contribution in [0.1, 0.15) is 18.6 Å². The van der Waals surface area contributed by atoms with Crippen molar-refractivity contribution in [3.05, 3.63) is 64.9 Å². The van der Waals surface area contributed by atoms with Crippen LogP contribution in [0.3, 0.4) is 0 Å². The summed E-state index contributed by atoms with van der Waals surface area (Å²) in [6.45, 7) is 1.71. The summed E-state index contributed by atoms with van der Waals surface area (Å²) in [6.07, 6.45) is -0.653. The van der Waals surface area contributed by atoms with E-state index in [9.17, 15) is 14.3 Å². The van der Waals surface area contributed by atoms with Crippen LogP contribution in [0.25, 0.3) is 0 Å². The summed E-state index contributed by atoms with van der Waals surface area (Å²) in [5, 5.41) is 12.5. The number of nitrogens with one attached hydrogen (secondary N) is 1. The van der Waals surface area contributed by atoms with Crippen LogP contribution in [0.5, 0.6) is 0 Å². The van der Waals surface area contributed by atoms with Gasteiger partial charge in [-0.1, -0.05) is 41.9 Å². The molecule has 2 rings (SSSR count). The fourth-order valence-electron chi connectivity index (χ4n) is 1.91. The summed E-state index contributed by atoms with van der Waals surface area (Å²) in [6, 6.07) is 13.2. The Morgan fingerprint density at radius 3 is 2.70 bits per heavy atom. The van der Waals surface area contributed by atoms with Gasteiger partial charge in [0.2, 0.25) is 5.91 Å². The maximum atomic E-state index is 13.6. The molecule has 0 bridgehead atoms. The van der Waals surface area contributed by atoms with Crippen molar-refractivity contribution in [3.8, 4) is 0 Å². The molecule has 0 aliphatic heterocycles. The Bertz CT molecular complexity index is 669. The molecule has 2 atom stereocenters. The van der Waals surface area contributed by atoms with Crippen molar-refractivity contribution < 1.29 is 14.3 Å². The number of thioether (sulfide) groups is 1. The highest BCUT2D eigenvalue weighted by molar-refractivity contribution is 8.00. The number of hydrogen-bond donors (Lipinski definition) is 2. The summed E-state index contributed by atoms with van der Waals surface area (Å²) in [4.78, 5) is 12.1. The Kier molecular flexibility index (Phi) is 6.45. The van der Waals surface area contributed by atoms with E-state index in [2.05, 4.69) is 5.32 Å². The van der Waals surface area contributed by atoms with Crippen LogP contribution >= 0.6 is 23.4 Å². The molecule has 0 radical (unpaired) electrons. The molecule has 0 aromatic heterocycles. The molecule has 2 aromatic carbocycles. The lowest BCUT2D eigenvalue weighted by Gasteiger charge is -2.15. The second kappa shape index (κ2) is 8.34. The number of aliphatic hydroxyl groups is 1. The molecule has 3 nitrogen and oxygen atoms in total. The Hall–Kier alpha value is -1.56. The van der Waals surface area contributed by atoms with Crippen LogP contribution in [-0.4, -0.2) is 22.0 Å². The predicted octanol–water partition coefficient (Wildman–Crippen LogP) is 4.27. The van der Waals surface area contributed by atoms with Crippen molar-refractivity contribution in [3.63, 3.8) is 0 Å². The molecule has 1 amide bonds. The summed E-state index contributed by atoms with van der Waals surface area (Å²) in [5.74, 6) is -0.503. The van der Waals surface area contributed by atoms with Gasteiger partial charge in [-0.15, -0.1) is 11.8 Å². The van der Waals surface area contributed by atoms with E-state index in [0.717, 1.165) is 5.56 Å². The van der Waals surface area contributed by atoms with E-state index in [4.69, 9.17) is 11.6 Å². The van der Waals surface area contributed by atoms with Crippen molar-refractivity contribution in [1.82, 2.24) is 0 Å². The van der Waals surface area contributed by atoms with Gasteiger partial charge in [0.15, 0.2) is 0 Å². The maximum absolute atomic E-state index is 13.6. The lowest BCUT2D eigenvalue weighted by molar-refractivity contribution is -0.115. The van der Waals surface area contributed by atoms with Gasteiger partial charge in [0.05, 0.1) is 17.0 Å². The van der Waals surface area contributed by atoms with E-state index >= 15 is 0 Å². The molecule has 0 aliphatic rings. The molecule has 6 heteroatoms. The van der Waals surface area contributed by atoms with Gasteiger partial charge in [-0.3, -0.25) is 4.79 Å². The Morgan fingerprint density at radius 2 is 2.00 bits per heavy atom. The summed E-state index contributed by atoms with van der Waals surface area (Å²) < 4.78 is 13.6. The third-order valence-corrected chi connectivity index (χ3v) is 4.70. The van der Waals surface area contributed by atoms with Crippen LogP contribution < -0.4 is 5.32 Å². The van der Waals surface area contributed by atoms with Gasteiger partial charge < -0.3 is 10.4 Å². The molecule has 2 N–H and O–H groups in total. The predicted molar refractivity (Wildman–Crippen MR) is 93.4 cm³/mol. The molecule has 0 saturated heterocycles. The summed E-state index contributed by atoms with van der Waals surface area (Å²) in [7, 11) is 0. The number of carbonyl (C=O) groups excluding carboxylic acids is 1. The topological polar surface area (TPSA) is 49.3 Å². The van der Waals surface area contributed by atoms with Crippen LogP contribution in [-0.2, 0) is 4.79 Å². The first-order chi connectivity index (χ1) is 11.0. The Labute approximate surface area is 143 Å². The average molecular weight is 354 g/mol. The first-order valence-corrected chi connectivity index (χ1v) is 8.50. The number of hydrogen-bond acceptors (Lipinski definition) is 3. The molecule has 0 fully saturated rings. The summed E-state index contributed by atoms with van der Waals surface area (Å²) in [5.41, 5.74) is 0.854.